The monoisotopic (exact) mass is 422 g/mol. The molecule has 9 nitrogen and oxygen atoms in total. The Morgan fingerprint density at radius 1 is 1.00 bits per heavy atom. The number of hydrogen-bond donors (Lipinski definition) is 3. The number of carbonyl (C=O) groups excluding carboxylic acids is 1. The van der Waals surface area contributed by atoms with E-state index in [-0.39, 0.29) is 30.9 Å². The summed E-state index contributed by atoms with van der Waals surface area (Å²) in [5.41, 5.74) is -0.688. The zero-order valence-electron chi connectivity index (χ0n) is 16.7. The van der Waals surface area contributed by atoms with Crippen LogP contribution in [0.25, 0.3) is 0 Å². The lowest BCUT2D eigenvalue weighted by Crippen LogP contribution is -2.57. The number of carbonyl (C=O) groups is 2. The topological polar surface area (TPSA) is 127 Å². The second kappa shape index (κ2) is 8.86. The van der Waals surface area contributed by atoms with Gasteiger partial charge in [-0.2, -0.15) is 0 Å². The zero-order valence-corrected chi connectivity index (χ0v) is 16.7. The van der Waals surface area contributed by atoms with Crippen molar-refractivity contribution in [3.63, 3.8) is 0 Å². The van der Waals surface area contributed by atoms with Gasteiger partial charge in [0.25, 0.3) is 0 Å². The first kappa shape index (κ1) is 20.4. The summed E-state index contributed by atoms with van der Waals surface area (Å²) in [6.07, 6.45) is 1.33. The molecule has 0 spiro atoms. The molecule has 0 bridgehead atoms. The van der Waals surface area contributed by atoms with Crippen molar-refractivity contribution in [2.75, 3.05) is 5.32 Å². The Hall–Kier alpha value is -3.88. The average molecular weight is 422 g/mol. The summed E-state index contributed by atoms with van der Waals surface area (Å²) in [5.74, 6) is -1.38. The number of carboxylic acid groups (broad SMARTS) is 1. The van der Waals surface area contributed by atoms with E-state index in [1.807, 2.05) is 48.5 Å². The van der Waals surface area contributed by atoms with E-state index < -0.39 is 17.4 Å². The van der Waals surface area contributed by atoms with Gasteiger partial charge in [-0.1, -0.05) is 41.5 Å². The van der Waals surface area contributed by atoms with Crippen LogP contribution < -0.4 is 15.4 Å². The first-order valence-electron chi connectivity index (χ1n) is 9.97. The number of para-hydroxylation sites is 2. The van der Waals surface area contributed by atoms with Gasteiger partial charge in [-0.3, -0.25) is 4.79 Å². The van der Waals surface area contributed by atoms with Crippen LogP contribution in [-0.4, -0.2) is 38.8 Å². The van der Waals surface area contributed by atoms with Crippen molar-refractivity contribution in [1.29, 1.82) is 0 Å². The molecule has 9 heteroatoms. The Balaban J connectivity index is 1.38. The van der Waals surface area contributed by atoms with E-state index in [4.69, 9.17) is 9.15 Å². The van der Waals surface area contributed by atoms with E-state index in [0.29, 0.717) is 12.8 Å². The second-order valence-corrected chi connectivity index (χ2v) is 7.38. The van der Waals surface area contributed by atoms with E-state index in [0.717, 1.165) is 11.4 Å². The number of hydrogen-bond acceptors (Lipinski definition) is 7. The Kier molecular flexibility index (Phi) is 5.83. The molecule has 0 radical (unpaired) electrons. The summed E-state index contributed by atoms with van der Waals surface area (Å²) in [7, 11) is 0. The van der Waals surface area contributed by atoms with Gasteiger partial charge in [0.2, 0.25) is 0 Å². The molecule has 3 aromatic rings. The van der Waals surface area contributed by atoms with Crippen molar-refractivity contribution in [2.45, 2.75) is 37.3 Å². The number of rotatable bonds is 7. The fourth-order valence-electron chi connectivity index (χ4n) is 3.57. The Morgan fingerprint density at radius 3 is 2.29 bits per heavy atom. The third kappa shape index (κ3) is 4.82. The number of anilines is 2. The van der Waals surface area contributed by atoms with E-state index in [1.54, 1.807) is 12.1 Å². The second-order valence-electron chi connectivity index (χ2n) is 7.38. The Morgan fingerprint density at radius 2 is 1.65 bits per heavy atom. The van der Waals surface area contributed by atoms with Crippen molar-refractivity contribution in [2.24, 2.45) is 0 Å². The molecule has 1 aliphatic carbocycles. The summed E-state index contributed by atoms with van der Waals surface area (Å²) in [6, 6.07) is 18.6. The molecule has 1 aliphatic rings. The molecule has 1 fully saturated rings. The number of aliphatic carboxylic acids is 1. The molecule has 31 heavy (non-hydrogen) atoms. The Labute approximate surface area is 178 Å². The minimum atomic E-state index is -1.41. The normalized spacial score (nSPS) is 20.6. The quantitative estimate of drug-likeness (QED) is 0.529. The van der Waals surface area contributed by atoms with Gasteiger partial charge >= 0.3 is 23.8 Å². The lowest BCUT2D eigenvalue weighted by atomic mass is 9.80. The van der Waals surface area contributed by atoms with Crippen LogP contribution in [0.1, 0.15) is 36.4 Å². The number of amides is 1. The molecule has 1 aromatic heterocycles. The van der Waals surface area contributed by atoms with Gasteiger partial charge in [0.05, 0.1) is 6.10 Å². The molecule has 0 unspecified atom stereocenters. The number of nitrogens with zero attached hydrogens (tertiary/aromatic N) is 2. The molecule has 2 aromatic carbocycles. The van der Waals surface area contributed by atoms with Gasteiger partial charge in [-0.15, -0.1) is 5.10 Å². The van der Waals surface area contributed by atoms with Crippen LogP contribution >= 0.6 is 0 Å². The third-order valence-electron chi connectivity index (χ3n) is 5.24. The van der Waals surface area contributed by atoms with Crippen molar-refractivity contribution in [3.05, 3.63) is 66.6 Å². The SMILES string of the molecule is O=C(NC1(C(=O)O)CCC(Oc2ccccc2)CC1)c1nnc(Nc2ccccc2)o1. The highest BCUT2D eigenvalue weighted by molar-refractivity contribution is 5.94. The smallest absolute Gasteiger partial charge is 0.329 e. The molecule has 1 amide bonds. The van der Waals surface area contributed by atoms with Gasteiger partial charge in [0, 0.05) is 5.69 Å². The van der Waals surface area contributed by atoms with Crippen molar-refractivity contribution >= 4 is 23.6 Å². The summed E-state index contributed by atoms with van der Waals surface area (Å²) in [5, 5.41) is 22.8. The minimum Gasteiger partial charge on any atom is -0.490 e. The van der Waals surface area contributed by atoms with Crippen LogP contribution in [0, 0.1) is 0 Å². The largest absolute Gasteiger partial charge is 0.490 e. The van der Waals surface area contributed by atoms with Crippen molar-refractivity contribution < 1.29 is 23.8 Å². The van der Waals surface area contributed by atoms with Crippen LogP contribution in [0.4, 0.5) is 11.7 Å². The van der Waals surface area contributed by atoms with Crippen LogP contribution in [0.2, 0.25) is 0 Å². The number of carboxylic acids is 1. The van der Waals surface area contributed by atoms with Crippen LogP contribution in [0.5, 0.6) is 5.75 Å². The number of benzene rings is 2. The van der Waals surface area contributed by atoms with Crippen molar-refractivity contribution in [1.82, 2.24) is 15.5 Å². The van der Waals surface area contributed by atoms with Crippen LogP contribution in [-0.2, 0) is 4.79 Å². The maximum atomic E-state index is 12.6. The number of aromatic nitrogens is 2. The van der Waals surface area contributed by atoms with Gasteiger partial charge < -0.3 is 24.9 Å². The van der Waals surface area contributed by atoms with Gasteiger partial charge in [-0.25, -0.2) is 4.79 Å². The minimum absolute atomic E-state index is 0.0423. The number of nitrogens with one attached hydrogen (secondary N) is 2. The van der Waals surface area contributed by atoms with E-state index in [2.05, 4.69) is 20.8 Å². The average Bonchev–Trinajstić information content (AvgIpc) is 3.25. The molecule has 0 aliphatic heterocycles. The lowest BCUT2D eigenvalue weighted by molar-refractivity contribution is -0.146. The highest BCUT2D eigenvalue weighted by Gasteiger charge is 2.44. The molecule has 0 saturated heterocycles. The van der Waals surface area contributed by atoms with Gasteiger partial charge in [0.15, 0.2) is 0 Å². The fraction of sp³-hybridized carbons (Fsp3) is 0.273. The molecule has 3 N–H and O–H groups in total. The highest BCUT2D eigenvalue weighted by atomic mass is 16.5. The predicted molar refractivity (Wildman–Crippen MR) is 111 cm³/mol. The fourth-order valence-corrected chi connectivity index (χ4v) is 3.57. The van der Waals surface area contributed by atoms with Crippen LogP contribution in [0.3, 0.4) is 0 Å². The molecular formula is C22H22N4O5. The number of ether oxygens (including phenoxy) is 1. The Bertz CT molecular complexity index is 1030. The maximum Gasteiger partial charge on any atom is 0.329 e. The summed E-state index contributed by atoms with van der Waals surface area (Å²) in [4.78, 5) is 24.7. The van der Waals surface area contributed by atoms with E-state index >= 15 is 0 Å². The van der Waals surface area contributed by atoms with E-state index in [9.17, 15) is 14.7 Å². The van der Waals surface area contributed by atoms with Crippen molar-refractivity contribution in [3.8, 4) is 5.75 Å². The third-order valence-corrected chi connectivity index (χ3v) is 5.24. The predicted octanol–water partition coefficient (Wildman–Crippen LogP) is 3.39. The lowest BCUT2D eigenvalue weighted by Gasteiger charge is -2.37. The molecule has 4 rings (SSSR count). The molecular weight excluding hydrogens is 400 g/mol. The maximum absolute atomic E-state index is 12.6. The zero-order chi connectivity index (χ0) is 21.7. The molecule has 1 saturated carbocycles. The highest BCUT2D eigenvalue weighted by Crippen LogP contribution is 2.31. The van der Waals surface area contributed by atoms with E-state index in [1.165, 1.54) is 0 Å². The first-order valence-corrected chi connectivity index (χ1v) is 9.97. The summed E-state index contributed by atoms with van der Waals surface area (Å²) < 4.78 is 11.3. The van der Waals surface area contributed by atoms with Crippen LogP contribution in [0.15, 0.2) is 65.1 Å². The molecule has 1 heterocycles. The first-order chi connectivity index (χ1) is 15.0. The van der Waals surface area contributed by atoms with Gasteiger partial charge in [0.1, 0.15) is 11.3 Å². The molecule has 160 valence electrons. The summed E-state index contributed by atoms with van der Waals surface area (Å²) in [6.45, 7) is 0. The standard InChI is InChI=1S/C22H22N4O5/c27-18(19-25-26-21(31-19)23-15-7-3-1-4-8-15)24-22(20(28)29)13-11-17(12-14-22)30-16-9-5-2-6-10-16/h1-10,17H,11-14H2,(H,23,26)(H,24,27)(H,28,29). The molecule has 0 atom stereocenters. The van der Waals surface area contributed by atoms with Gasteiger partial charge in [-0.05, 0) is 49.9 Å². The summed E-state index contributed by atoms with van der Waals surface area (Å²) >= 11 is 0.